The van der Waals surface area contributed by atoms with Crippen molar-refractivity contribution in [3.8, 4) is 0 Å². The van der Waals surface area contributed by atoms with E-state index in [0.717, 1.165) is 18.8 Å². The highest BCUT2D eigenvalue weighted by Gasteiger charge is 2.03. The lowest BCUT2D eigenvalue weighted by Gasteiger charge is -2.11. The lowest BCUT2D eigenvalue weighted by Crippen LogP contribution is -2.34. The van der Waals surface area contributed by atoms with Crippen LogP contribution in [0.1, 0.15) is 18.2 Å². The lowest BCUT2D eigenvalue weighted by atomic mass is 10.2. The fourth-order valence-electron chi connectivity index (χ4n) is 1.23. The summed E-state index contributed by atoms with van der Waals surface area (Å²) >= 11 is 0. The quantitative estimate of drug-likeness (QED) is 0.720. The van der Waals surface area contributed by atoms with Crippen molar-refractivity contribution in [3.63, 3.8) is 0 Å². The summed E-state index contributed by atoms with van der Waals surface area (Å²) in [6.07, 6.45) is 1.73. The van der Waals surface area contributed by atoms with E-state index >= 15 is 0 Å². The highest BCUT2D eigenvalue weighted by molar-refractivity contribution is 5.14. The molecule has 0 saturated heterocycles. The first-order valence-corrected chi connectivity index (χ1v) is 4.65. The van der Waals surface area contributed by atoms with Crippen LogP contribution in [0.5, 0.6) is 0 Å². The third-order valence-corrected chi connectivity index (χ3v) is 2.09. The minimum absolute atomic E-state index is 0.467. The molecule has 0 spiro atoms. The molecule has 1 aromatic rings. The maximum atomic E-state index is 5.31. The zero-order chi connectivity index (χ0) is 9.68. The SMILES string of the molecule is CNCC(C)NCc1occc1C. The third kappa shape index (κ3) is 3.20. The Bertz CT molecular complexity index is 245. The molecule has 3 nitrogen and oxygen atoms in total. The second-order valence-electron chi connectivity index (χ2n) is 3.37. The maximum Gasteiger partial charge on any atom is 0.120 e. The van der Waals surface area contributed by atoms with Crippen molar-refractivity contribution < 1.29 is 4.42 Å². The number of likely N-dealkylation sites (N-methyl/N-ethyl adjacent to an activating group) is 1. The average molecular weight is 182 g/mol. The van der Waals surface area contributed by atoms with Crippen LogP contribution in [0.4, 0.5) is 0 Å². The molecule has 0 fully saturated rings. The van der Waals surface area contributed by atoms with Crippen molar-refractivity contribution in [3.05, 3.63) is 23.7 Å². The Morgan fingerprint density at radius 1 is 1.54 bits per heavy atom. The van der Waals surface area contributed by atoms with Crippen molar-refractivity contribution in [2.45, 2.75) is 26.4 Å². The van der Waals surface area contributed by atoms with Gasteiger partial charge in [-0.3, -0.25) is 0 Å². The zero-order valence-electron chi connectivity index (χ0n) is 8.55. The summed E-state index contributed by atoms with van der Waals surface area (Å²) < 4.78 is 5.31. The number of hydrogen-bond acceptors (Lipinski definition) is 3. The summed E-state index contributed by atoms with van der Waals surface area (Å²) in [5.41, 5.74) is 1.21. The third-order valence-electron chi connectivity index (χ3n) is 2.09. The molecule has 2 N–H and O–H groups in total. The minimum Gasteiger partial charge on any atom is -0.468 e. The monoisotopic (exact) mass is 182 g/mol. The van der Waals surface area contributed by atoms with E-state index in [-0.39, 0.29) is 0 Å². The Balaban J connectivity index is 2.30. The lowest BCUT2D eigenvalue weighted by molar-refractivity contribution is 0.446. The Hall–Kier alpha value is -0.800. The van der Waals surface area contributed by atoms with Gasteiger partial charge >= 0.3 is 0 Å². The van der Waals surface area contributed by atoms with Crippen LogP contribution < -0.4 is 10.6 Å². The molecule has 13 heavy (non-hydrogen) atoms. The van der Waals surface area contributed by atoms with Gasteiger partial charge in [-0.05, 0) is 32.5 Å². The van der Waals surface area contributed by atoms with Gasteiger partial charge in [-0.15, -0.1) is 0 Å². The van der Waals surface area contributed by atoms with E-state index in [1.165, 1.54) is 5.56 Å². The largest absolute Gasteiger partial charge is 0.468 e. The van der Waals surface area contributed by atoms with Gasteiger partial charge in [-0.2, -0.15) is 0 Å². The summed E-state index contributed by atoms with van der Waals surface area (Å²) in [7, 11) is 1.95. The van der Waals surface area contributed by atoms with Crippen molar-refractivity contribution in [2.24, 2.45) is 0 Å². The topological polar surface area (TPSA) is 37.2 Å². The molecule has 0 radical (unpaired) electrons. The first-order valence-electron chi connectivity index (χ1n) is 4.65. The van der Waals surface area contributed by atoms with Gasteiger partial charge in [0.25, 0.3) is 0 Å². The first-order chi connectivity index (χ1) is 6.24. The van der Waals surface area contributed by atoms with Gasteiger partial charge in [0.2, 0.25) is 0 Å². The van der Waals surface area contributed by atoms with Gasteiger partial charge in [-0.25, -0.2) is 0 Å². The molecule has 0 aliphatic heterocycles. The van der Waals surface area contributed by atoms with Crippen LogP contribution >= 0.6 is 0 Å². The molecule has 3 heteroatoms. The molecule has 0 aliphatic rings. The van der Waals surface area contributed by atoms with Crippen LogP contribution in [-0.4, -0.2) is 19.6 Å². The van der Waals surface area contributed by atoms with E-state index in [1.54, 1.807) is 6.26 Å². The fraction of sp³-hybridized carbons (Fsp3) is 0.600. The predicted molar refractivity (Wildman–Crippen MR) is 53.7 cm³/mol. The molecule has 0 saturated carbocycles. The number of rotatable bonds is 5. The Morgan fingerprint density at radius 2 is 2.31 bits per heavy atom. The van der Waals surface area contributed by atoms with Gasteiger partial charge in [-0.1, -0.05) is 0 Å². The molecule has 1 unspecified atom stereocenters. The van der Waals surface area contributed by atoms with E-state index in [1.807, 2.05) is 13.1 Å². The van der Waals surface area contributed by atoms with Gasteiger partial charge in [0.1, 0.15) is 5.76 Å². The molecule has 1 aromatic heterocycles. The number of furan rings is 1. The Kier molecular flexibility index (Phi) is 3.99. The Morgan fingerprint density at radius 3 is 2.85 bits per heavy atom. The number of hydrogen-bond donors (Lipinski definition) is 2. The normalized spacial score (nSPS) is 13.2. The summed E-state index contributed by atoms with van der Waals surface area (Å²) in [5.74, 6) is 1.03. The second kappa shape index (κ2) is 5.04. The van der Waals surface area contributed by atoms with Crippen LogP contribution in [0.25, 0.3) is 0 Å². The molecule has 1 atom stereocenters. The smallest absolute Gasteiger partial charge is 0.120 e. The highest BCUT2D eigenvalue weighted by Crippen LogP contribution is 2.07. The van der Waals surface area contributed by atoms with Crippen LogP contribution in [0, 0.1) is 6.92 Å². The van der Waals surface area contributed by atoms with E-state index < -0.39 is 0 Å². The van der Waals surface area contributed by atoms with Crippen molar-refractivity contribution >= 4 is 0 Å². The molecule has 0 bridgehead atoms. The van der Waals surface area contributed by atoms with E-state index in [0.29, 0.717) is 6.04 Å². The number of nitrogens with one attached hydrogen (secondary N) is 2. The van der Waals surface area contributed by atoms with Crippen molar-refractivity contribution in [2.75, 3.05) is 13.6 Å². The molecule has 0 aliphatic carbocycles. The maximum absolute atomic E-state index is 5.31. The van der Waals surface area contributed by atoms with Gasteiger partial charge in [0, 0.05) is 12.6 Å². The summed E-state index contributed by atoms with van der Waals surface area (Å²) in [4.78, 5) is 0. The van der Waals surface area contributed by atoms with Crippen LogP contribution in [0.2, 0.25) is 0 Å². The fourth-order valence-corrected chi connectivity index (χ4v) is 1.23. The summed E-state index contributed by atoms with van der Waals surface area (Å²) in [6.45, 7) is 5.99. The highest BCUT2D eigenvalue weighted by atomic mass is 16.3. The molecular weight excluding hydrogens is 164 g/mol. The van der Waals surface area contributed by atoms with Crippen molar-refractivity contribution in [1.29, 1.82) is 0 Å². The molecule has 74 valence electrons. The standard InChI is InChI=1S/C10H18N2O/c1-8-4-5-13-10(8)7-12-9(2)6-11-3/h4-5,9,11-12H,6-7H2,1-3H3. The van der Waals surface area contributed by atoms with Gasteiger partial charge < -0.3 is 15.1 Å². The first kappa shape index (κ1) is 10.3. The predicted octanol–water partition coefficient (Wildman–Crippen LogP) is 1.29. The average Bonchev–Trinajstić information content (AvgIpc) is 2.48. The minimum atomic E-state index is 0.467. The van der Waals surface area contributed by atoms with Gasteiger partial charge in [0.15, 0.2) is 0 Å². The zero-order valence-corrected chi connectivity index (χ0v) is 8.55. The molecule has 1 heterocycles. The van der Waals surface area contributed by atoms with Crippen LogP contribution in [0.15, 0.2) is 16.7 Å². The van der Waals surface area contributed by atoms with Crippen LogP contribution in [-0.2, 0) is 6.54 Å². The second-order valence-corrected chi connectivity index (χ2v) is 3.37. The summed E-state index contributed by atoms with van der Waals surface area (Å²) in [5, 5.41) is 6.49. The van der Waals surface area contributed by atoms with Crippen molar-refractivity contribution in [1.82, 2.24) is 10.6 Å². The molecule has 1 rings (SSSR count). The molecular formula is C10H18N2O. The Labute approximate surface area is 79.5 Å². The summed E-state index contributed by atoms with van der Waals surface area (Å²) in [6, 6.07) is 2.45. The van der Waals surface area contributed by atoms with E-state index in [2.05, 4.69) is 24.5 Å². The van der Waals surface area contributed by atoms with Gasteiger partial charge in [0.05, 0.1) is 12.8 Å². The molecule has 0 aromatic carbocycles. The van der Waals surface area contributed by atoms with E-state index in [9.17, 15) is 0 Å². The number of aryl methyl sites for hydroxylation is 1. The molecule has 0 amide bonds. The van der Waals surface area contributed by atoms with Crippen LogP contribution in [0.3, 0.4) is 0 Å². The van der Waals surface area contributed by atoms with E-state index in [4.69, 9.17) is 4.42 Å².